The summed E-state index contributed by atoms with van der Waals surface area (Å²) in [5, 5.41) is 2.68. The number of benzene rings is 2. The van der Waals surface area contributed by atoms with Crippen LogP contribution in [0.3, 0.4) is 0 Å². The first-order valence-corrected chi connectivity index (χ1v) is 11.2. The van der Waals surface area contributed by atoms with Crippen molar-refractivity contribution in [2.45, 2.75) is 11.8 Å². The van der Waals surface area contributed by atoms with Crippen LogP contribution in [0.25, 0.3) is 0 Å². The Balaban J connectivity index is 2.02. The smallest absolute Gasteiger partial charge is 0.264 e. The van der Waals surface area contributed by atoms with E-state index in [-0.39, 0.29) is 4.90 Å². The molecule has 0 saturated heterocycles. The number of amides is 1. The van der Waals surface area contributed by atoms with Gasteiger partial charge in [-0.3, -0.25) is 14.1 Å². The summed E-state index contributed by atoms with van der Waals surface area (Å²) in [6.45, 7) is 1.36. The Morgan fingerprint density at radius 2 is 1.90 bits per heavy atom. The number of sulfonamides is 1. The first-order valence-electron chi connectivity index (χ1n) is 8.94. The summed E-state index contributed by atoms with van der Waals surface area (Å²) in [5.41, 5.74) is 1.52. The van der Waals surface area contributed by atoms with Crippen molar-refractivity contribution in [3.63, 3.8) is 0 Å². The third-order valence-corrected chi connectivity index (χ3v) is 6.62. The average Bonchev–Trinajstić information content (AvgIpc) is 2.73. The average molecular weight is 490 g/mol. The van der Waals surface area contributed by atoms with Crippen LogP contribution in [-0.4, -0.2) is 33.0 Å². The zero-order chi connectivity index (χ0) is 21.7. The molecule has 0 spiro atoms. The minimum atomic E-state index is -4.03. The second-order valence-corrected chi connectivity index (χ2v) is 9.19. The number of pyridine rings is 1. The van der Waals surface area contributed by atoms with Gasteiger partial charge in [-0.15, -0.1) is 0 Å². The number of hydrogen-bond acceptors (Lipinski definition) is 5. The molecular weight excluding hydrogens is 470 g/mol. The Morgan fingerprint density at radius 3 is 2.53 bits per heavy atom. The number of hydrogen-bond donors (Lipinski definition) is 1. The lowest BCUT2D eigenvalue weighted by atomic mass is 10.2. The molecule has 7 nitrogen and oxygen atoms in total. The van der Waals surface area contributed by atoms with E-state index in [1.54, 1.807) is 55.6 Å². The van der Waals surface area contributed by atoms with E-state index in [4.69, 9.17) is 4.74 Å². The van der Waals surface area contributed by atoms with Crippen LogP contribution >= 0.6 is 15.9 Å². The van der Waals surface area contributed by atoms with Crippen molar-refractivity contribution in [3.8, 4) is 5.75 Å². The maximum absolute atomic E-state index is 13.5. The summed E-state index contributed by atoms with van der Waals surface area (Å²) in [6, 6.07) is 14.7. The number of anilines is 2. The number of nitrogens with one attached hydrogen (secondary N) is 1. The van der Waals surface area contributed by atoms with Gasteiger partial charge in [-0.2, -0.15) is 0 Å². The lowest BCUT2D eigenvalue weighted by Crippen LogP contribution is -2.38. The number of ether oxygens (including phenoxy) is 1. The number of halogens is 1. The van der Waals surface area contributed by atoms with E-state index in [1.807, 2.05) is 0 Å². The largest absolute Gasteiger partial charge is 0.497 e. The number of carbonyl (C=O) groups excluding carboxylic acids is 1. The van der Waals surface area contributed by atoms with Crippen LogP contribution in [0.5, 0.6) is 5.75 Å². The fourth-order valence-electron chi connectivity index (χ4n) is 2.79. The summed E-state index contributed by atoms with van der Waals surface area (Å²) in [7, 11) is -2.53. The van der Waals surface area contributed by atoms with Gasteiger partial charge in [0, 0.05) is 16.7 Å². The third kappa shape index (κ3) is 4.98. The molecule has 1 aromatic heterocycles. The van der Waals surface area contributed by atoms with Crippen molar-refractivity contribution in [1.29, 1.82) is 0 Å². The van der Waals surface area contributed by atoms with Crippen molar-refractivity contribution in [1.82, 2.24) is 4.98 Å². The lowest BCUT2D eigenvalue weighted by molar-refractivity contribution is -0.114. The molecule has 0 radical (unpaired) electrons. The molecule has 1 amide bonds. The Labute approximate surface area is 183 Å². The Kier molecular flexibility index (Phi) is 6.73. The second kappa shape index (κ2) is 9.27. The minimum Gasteiger partial charge on any atom is -0.497 e. The SMILES string of the molecule is COc1ccc(C)c(N(CC(=O)Nc2cccnc2)S(=O)(=O)c2ccc(Br)cc2)c1. The monoisotopic (exact) mass is 489 g/mol. The summed E-state index contributed by atoms with van der Waals surface area (Å²) in [5.74, 6) is -0.00909. The standard InChI is InChI=1S/C21H20BrN3O4S/c1-15-5-8-18(29-2)12-20(15)25(14-21(26)24-17-4-3-11-23-13-17)30(27,28)19-9-6-16(22)7-10-19/h3-13H,14H2,1-2H3,(H,24,26). The summed E-state index contributed by atoms with van der Waals surface area (Å²) in [4.78, 5) is 16.7. The Bertz CT molecular complexity index is 1140. The van der Waals surface area contributed by atoms with Gasteiger partial charge in [0.1, 0.15) is 12.3 Å². The molecule has 0 aliphatic rings. The summed E-state index contributed by atoms with van der Waals surface area (Å²) < 4.78 is 34.0. The first kappa shape index (κ1) is 21.8. The highest BCUT2D eigenvalue weighted by Crippen LogP contribution is 2.30. The predicted molar refractivity (Wildman–Crippen MR) is 119 cm³/mol. The number of aromatic nitrogens is 1. The van der Waals surface area contributed by atoms with E-state index in [1.165, 1.54) is 25.4 Å². The summed E-state index contributed by atoms with van der Waals surface area (Å²) in [6.07, 6.45) is 3.07. The second-order valence-electron chi connectivity index (χ2n) is 6.41. The van der Waals surface area contributed by atoms with Crippen molar-refractivity contribution in [2.24, 2.45) is 0 Å². The molecule has 0 unspecified atom stereocenters. The normalized spacial score (nSPS) is 11.0. The lowest BCUT2D eigenvalue weighted by Gasteiger charge is -2.26. The van der Waals surface area contributed by atoms with Gasteiger partial charge in [-0.1, -0.05) is 22.0 Å². The van der Waals surface area contributed by atoms with Crippen molar-refractivity contribution < 1.29 is 17.9 Å². The predicted octanol–water partition coefficient (Wildman–Crippen LogP) is 4.00. The molecule has 2 aromatic carbocycles. The van der Waals surface area contributed by atoms with Gasteiger partial charge in [0.15, 0.2) is 0 Å². The van der Waals surface area contributed by atoms with E-state index >= 15 is 0 Å². The van der Waals surface area contributed by atoms with Crippen LogP contribution in [0.4, 0.5) is 11.4 Å². The molecule has 30 heavy (non-hydrogen) atoms. The Morgan fingerprint density at radius 1 is 1.17 bits per heavy atom. The molecule has 3 aromatic rings. The van der Waals surface area contributed by atoms with Crippen molar-refractivity contribution >= 4 is 43.2 Å². The van der Waals surface area contributed by atoms with Gasteiger partial charge in [-0.05, 0) is 55.0 Å². The molecule has 0 bridgehead atoms. The van der Waals surface area contributed by atoms with Crippen LogP contribution in [0.1, 0.15) is 5.56 Å². The Hall–Kier alpha value is -2.91. The highest BCUT2D eigenvalue weighted by molar-refractivity contribution is 9.10. The van der Waals surface area contributed by atoms with Crippen LogP contribution in [0.2, 0.25) is 0 Å². The van der Waals surface area contributed by atoms with Crippen LogP contribution in [0.15, 0.2) is 76.4 Å². The molecule has 1 heterocycles. The molecule has 0 fully saturated rings. The highest BCUT2D eigenvalue weighted by atomic mass is 79.9. The third-order valence-electron chi connectivity index (χ3n) is 4.32. The number of methoxy groups -OCH3 is 1. The van der Waals surface area contributed by atoms with E-state index in [0.717, 1.165) is 8.78 Å². The van der Waals surface area contributed by atoms with Crippen molar-refractivity contribution in [2.75, 3.05) is 23.3 Å². The summed E-state index contributed by atoms with van der Waals surface area (Å²) >= 11 is 3.31. The van der Waals surface area contributed by atoms with E-state index in [2.05, 4.69) is 26.2 Å². The van der Waals surface area contributed by atoms with Crippen molar-refractivity contribution in [3.05, 3.63) is 77.0 Å². The number of aryl methyl sites for hydroxylation is 1. The maximum atomic E-state index is 13.5. The maximum Gasteiger partial charge on any atom is 0.264 e. The zero-order valence-corrected chi connectivity index (χ0v) is 18.8. The van der Waals surface area contributed by atoms with Crippen LogP contribution in [-0.2, 0) is 14.8 Å². The highest BCUT2D eigenvalue weighted by Gasteiger charge is 2.28. The topological polar surface area (TPSA) is 88.6 Å². The van der Waals surface area contributed by atoms with E-state index in [0.29, 0.717) is 22.7 Å². The van der Waals surface area contributed by atoms with Gasteiger partial charge in [0.25, 0.3) is 10.0 Å². The quantitative estimate of drug-likeness (QED) is 0.541. The molecule has 9 heteroatoms. The molecule has 156 valence electrons. The first-order chi connectivity index (χ1) is 14.3. The van der Waals surface area contributed by atoms with Gasteiger partial charge < -0.3 is 10.1 Å². The van der Waals surface area contributed by atoms with E-state index in [9.17, 15) is 13.2 Å². The molecule has 0 saturated carbocycles. The fraction of sp³-hybridized carbons (Fsp3) is 0.143. The molecular formula is C21H20BrN3O4S. The fourth-order valence-corrected chi connectivity index (χ4v) is 4.53. The number of nitrogens with zero attached hydrogens (tertiary/aromatic N) is 2. The molecule has 1 N–H and O–H groups in total. The molecule has 0 aliphatic carbocycles. The van der Waals surface area contributed by atoms with E-state index < -0.39 is 22.5 Å². The van der Waals surface area contributed by atoms with Crippen LogP contribution < -0.4 is 14.4 Å². The number of carbonyl (C=O) groups is 1. The molecule has 0 aliphatic heterocycles. The minimum absolute atomic E-state index is 0.0714. The van der Waals surface area contributed by atoms with Gasteiger partial charge >= 0.3 is 0 Å². The van der Waals surface area contributed by atoms with Crippen LogP contribution in [0, 0.1) is 6.92 Å². The zero-order valence-electron chi connectivity index (χ0n) is 16.4. The molecule has 3 rings (SSSR count). The van der Waals surface area contributed by atoms with Gasteiger partial charge in [-0.25, -0.2) is 8.42 Å². The number of rotatable bonds is 7. The molecule has 0 atom stereocenters. The van der Waals surface area contributed by atoms with Gasteiger partial charge in [0.2, 0.25) is 5.91 Å². The van der Waals surface area contributed by atoms with Gasteiger partial charge in [0.05, 0.1) is 29.6 Å².